The van der Waals surface area contributed by atoms with Gasteiger partial charge >= 0.3 is 0 Å². The van der Waals surface area contributed by atoms with Gasteiger partial charge in [0.25, 0.3) is 0 Å². The van der Waals surface area contributed by atoms with Gasteiger partial charge in [-0.1, -0.05) is 36.1 Å². The van der Waals surface area contributed by atoms with Gasteiger partial charge in [-0.25, -0.2) is 4.99 Å². The molecule has 2 nitrogen and oxygen atoms in total. The molecule has 3 heteroatoms. The third kappa shape index (κ3) is 1.24. The van der Waals surface area contributed by atoms with Crippen LogP contribution in [0, 0.1) is 0 Å². The Morgan fingerprint density at radius 2 is 2.27 bits per heavy atom. The zero-order valence-corrected chi connectivity index (χ0v) is 6.71. The molecule has 1 heterocycles. The molecule has 0 aromatic rings. The Bertz CT molecular complexity index is 286. The van der Waals surface area contributed by atoms with Gasteiger partial charge in [0.1, 0.15) is 0 Å². The lowest BCUT2D eigenvalue weighted by Gasteiger charge is -1.99. The average molecular weight is 164 g/mol. The number of allylic oxidation sites excluding steroid dienone is 4. The monoisotopic (exact) mass is 164 g/mol. The predicted molar refractivity (Wildman–Crippen MR) is 49.4 cm³/mol. The molecule has 0 fully saturated rings. The van der Waals surface area contributed by atoms with Crippen LogP contribution in [0.1, 0.15) is 0 Å². The first kappa shape index (κ1) is 6.73. The molecule has 0 saturated carbocycles. The van der Waals surface area contributed by atoms with Crippen molar-refractivity contribution in [2.24, 2.45) is 10.7 Å². The molecular weight excluding hydrogens is 156 g/mol. The smallest absolute Gasteiger partial charge is 0.159 e. The number of hydrogen-bond donors (Lipinski definition) is 1. The van der Waals surface area contributed by atoms with Gasteiger partial charge in [-0.3, -0.25) is 0 Å². The highest BCUT2D eigenvalue weighted by atomic mass is 32.2. The maximum Gasteiger partial charge on any atom is 0.159 e. The van der Waals surface area contributed by atoms with E-state index in [-0.39, 0.29) is 0 Å². The van der Waals surface area contributed by atoms with Crippen LogP contribution < -0.4 is 5.73 Å². The first-order chi connectivity index (χ1) is 5.36. The Kier molecular flexibility index (Phi) is 1.58. The van der Waals surface area contributed by atoms with E-state index in [1.165, 1.54) is 0 Å². The molecule has 0 radical (unpaired) electrons. The summed E-state index contributed by atoms with van der Waals surface area (Å²) in [7, 11) is 0. The molecule has 11 heavy (non-hydrogen) atoms. The van der Waals surface area contributed by atoms with Crippen molar-refractivity contribution >= 4 is 16.9 Å². The maximum absolute atomic E-state index is 5.56. The van der Waals surface area contributed by atoms with E-state index in [9.17, 15) is 0 Å². The Labute approximate surface area is 69.6 Å². The van der Waals surface area contributed by atoms with Crippen LogP contribution >= 0.6 is 11.8 Å². The number of nitrogens with zero attached hydrogens (tertiary/aromatic N) is 1. The zero-order chi connectivity index (χ0) is 7.68. The third-order valence-electron chi connectivity index (χ3n) is 1.55. The van der Waals surface area contributed by atoms with E-state index in [4.69, 9.17) is 5.73 Å². The van der Waals surface area contributed by atoms with Crippen LogP contribution in [-0.2, 0) is 0 Å². The van der Waals surface area contributed by atoms with Crippen LogP contribution in [0.15, 0.2) is 41.1 Å². The summed E-state index contributed by atoms with van der Waals surface area (Å²) < 4.78 is 0. The summed E-state index contributed by atoms with van der Waals surface area (Å²) in [5, 5.41) is 1.01. The highest BCUT2D eigenvalue weighted by molar-refractivity contribution is 8.14. The Morgan fingerprint density at radius 3 is 3.18 bits per heavy atom. The van der Waals surface area contributed by atoms with E-state index in [1.807, 2.05) is 24.3 Å². The molecule has 1 atom stereocenters. The topological polar surface area (TPSA) is 38.4 Å². The van der Waals surface area contributed by atoms with Crippen molar-refractivity contribution < 1.29 is 0 Å². The minimum atomic E-state index is 0.338. The van der Waals surface area contributed by atoms with Crippen molar-refractivity contribution in [3.05, 3.63) is 36.1 Å². The van der Waals surface area contributed by atoms with Crippen molar-refractivity contribution in [3.8, 4) is 0 Å². The minimum absolute atomic E-state index is 0.338. The summed E-state index contributed by atoms with van der Waals surface area (Å²) in [4.78, 5) is 4.19. The minimum Gasteiger partial charge on any atom is -0.378 e. The second-order valence-corrected chi connectivity index (χ2v) is 3.51. The fraction of sp³-hybridized carbons (Fsp3) is 0.125. The van der Waals surface area contributed by atoms with Gasteiger partial charge in [-0.15, -0.1) is 0 Å². The van der Waals surface area contributed by atoms with E-state index < -0.39 is 0 Å². The predicted octanol–water partition coefficient (Wildman–Crippen LogP) is 1.43. The van der Waals surface area contributed by atoms with E-state index in [0.717, 1.165) is 5.70 Å². The third-order valence-corrected chi connectivity index (χ3v) is 2.54. The number of nitrogens with two attached hydrogens (primary N) is 1. The van der Waals surface area contributed by atoms with Crippen molar-refractivity contribution in [1.29, 1.82) is 0 Å². The van der Waals surface area contributed by atoms with Crippen LogP contribution in [0.25, 0.3) is 0 Å². The summed E-state index contributed by atoms with van der Waals surface area (Å²) in [5.74, 6) is 0. The number of thioether (sulfide) groups is 1. The van der Waals surface area contributed by atoms with Crippen LogP contribution in [0.2, 0.25) is 0 Å². The molecule has 0 spiro atoms. The average Bonchev–Trinajstić information content (AvgIpc) is 2.17. The molecule has 0 aromatic heterocycles. The number of hydrogen-bond acceptors (Lipinski definition) is 3. The van der Waals surface area contributed by atoms with Crippen LogP contribution in [0.3, 0.4) is 0 Å². The quantitative estimate of drug-likeness (QED) is 0.588. The van der Waals surface area contributed by atoms with E-state index in [1.54, 1.807) is 11.8 Å². The van der Waals surface area contributed by atoms with Crippen molar-refractivity contribution in [2.75, 3.05) is 0 Å². The molecule has 2 N–H and O–H groups in total. The normalized spacial score (nSPS) is 27.5. The Hall–Kier alpha value is -0.960. The molecule has 0 saturated heterocycles. The molecule has 56 valence electrons. The first-order valence-electron chi connectivity index (χ1n) is 3.42. The number of fused-ring (bicyclic) bond motifs is 1. The summed E-state index contributed by atoms with van der Waals surface area (Å²) in [5.41, 5.74) is 6.61. The van der Waals surface area contributed by atoms with E-state index in [2.05, 4.69) is 11.1 Å². The molecule has 0 aromatic carbocycles. The lowest BCUT2D eigenvalue weighted by molar-refractivity contribution is 1.21. The number of amidine groups is 1. The SMILES string of the molecule is NC1=NC2=CC=CC=CC2S1. The molecule has 0 amide bonds. The highest BCUT2D eigenvalue weighted by Gasteiger charge is 2.20. The van der Waals surface area contributed by atoms with Gasteiger partial charge < -0.3 is 5.73 Å². The van der Waals surface area contributed by atoms with Crippen LogP contribution in [0.4, 0.5) is 0 Å². The number of aliphatic imine (C=N–C) groups is 1. The second-order valence-electron chi connectivity index (χ2n) is 2.35. The van der Waals surface area contributed by atoms with Gasteiger partial charge in [-0.2, -0.15) is 0 Å². The van der Waals surface area contributed by atoms with Gasteiger partial charge in [-0.05, 0) is 6.08 Å². The lowest BCUT2D eigenvalue weighted by Crippen LogP contribution is -2.03. The molecule has 1 aliphatic carbocycles. The van der Waals surface area contributed by atoms with Gasteiger partial charge in [0, 0.05) is 0 Å². The fourth-order valence-corrected chi connectivity index (χ4v) is 1.90. The molecule has 1 aliphatic heterocycles. The van der Waals surface area contributed by atoms with Crippen molar-refractivity contribution in [2.45, 2.75) is 5.25 Å². The largest absolute Gasteiger partial charge is 0.378 e. The van der Waals surface area contributed by atoms with Crippen molar-refractivity contribution in [1.82, 2.24) is 0 Å². The molecule has 0 bridgehead atoms. The molecule has 2 aliphatic rings. The Morgan fingerprint density at radius 1 is 1.36 bits per heavy atom. The van der Waals surface area contributed by atoms with Crippen LogP contribution in [-0.4, -0.2) is 10.4 Å². The lowest BCUT2D eigenvalue weighted by atomic mass is 10.3. The van der Waals surface area contributed by atoms with Gasteiger partial charge in [0.15, 0.2) is 5.17 Å². The summed E-state index contributed by atoms with van der Waals surface area (Å²) in [6.07, 6.45) is 10.1. The maximum atomic E-state index is 5.56. The first-order valence-corrected chi connectivity index (χ1v) is 4.30. The zero-order valence-electron chi connectivity index (χ0n) is 5.90. The van der Waals surface area contributed by atoms with Gasteiger partial charge in [0.2, 0.25) is 0 Å². The van der Waals surface area contributed by atoms with E-state index >= 15 is 0 Å². The second kappa shape index (κ2) is 2.58. The summed E-state index contributed by atoms with van der Waals surface area (Å²) in [6, 6.07) is 0. The molecule has 1 unspecified atom stereocenters. The van der Waals surface area contributed by atoms with Crippen LogP contribution in [0.5, 0.6) is 0 Å². The van der Waals surface area contributed by atoms with Gasteiger partial charge in [0.05, 0.1) is 10.9 Å². The fourth-order valence-electron chi connectivity index (χ4n) is 1.06. The summed E-state index contributed by atoms with van der Waals surface area (Å²) in [6.45, 7) is 0. The standard InChI is InChI=1S/C8H8N2S/c9-8-10-6-4-2-1-3-5-7(6)11-8/h1-5,7H,(H2,9,10). The van der Waals surface area contributed by atoms with Crippen molar-refractivity contribution in [3.63, 3.8) is 0 Å². The molecular formula is C8H8N2S. The molecule has 2 rings (SSSR count). The highest BCUT2D eigenvalue weighted by Crippen LogP contribution is 2.29. The number of rotatable bonds is 0. The summed E-state index contributed by atoms with van der Waals surface area (Å²) >= 11 is 1.60. The Balaban J connectivity index is 2.35. The van der Waals surface area contributed by atoms with E-state index in [0.29, 0.717) is 10.4 Å².